The summed E-state index contributed by atoms with van der Waals surface area (Å²) in [5.41, 5.74) is 1.98. The average Bonchev–Trinajstić information content (AvgIpc) is 2.74. The summed E-state index contributed by atoms with van der Waals surface area (Å²) in [6.45, 7) is 4.41. The van der Waals surface area contributed by atoms with Crippen LogP contribution in [0.4, 0.5) is 0 Å². The largest absolute Gasteiger partial charge is 0.461 e. The van der Waals surface area contributed by atoms with E-state index in [0.29, 0.717) is 23.9 Å². The molecule has 0 saturated carbocycles. The van der Waals surface area contributed by atoms with Crippen LogP contribution >= 0.6 is 11.6 Å². The fraction of sp³-hybridized carbons (Fsp3) is 0.308. The Balaban J connectivity index is 2.18. The summed E-state index contributed by atoms with van der Waals surface area (Å²) < 4.78 is 6.58. The van der Waals surface area contributed by atoms with Crippen molar-refractivity contribution in [2.75, 3.05) is 6.61 Å². The number of benzene rings is 1. The SMILES string of the molecule is CCOC(=O)c1nnn(Cc2ccc(Cl)cc2)c1C. The van der Waals surface area contributed by atoms with Crippen LogP contribution in [0.15, 0.2) is 24.3 Å². The number of carbonyl (C=O) groups is 1. The lowest BCUT2D eigenvalue weighted by Crippen LogP contribution is -2.08. The number of hydrogen-bond acceptors (Lipinski definition) is 4. The molecule has 6 heteroatoms. The minimum Gasteiger partial charge on any atom is -0.461 e. The number of ether oxygens (including phenoxy) is 1. The number of rotatable bonds is 4. The lowest BCUT2D eigenvalue weighted by Gasteiger charge is -2.04. The van der Waals surface area contributed by atoms with Crippen molar-refractivity contribution in [3.63, 3.8) is 0 Å². The van der Waals surface area contributed by atoms with Gasteiger partial charge in [0.15, 0.2) is 5.69 Å². The number of aromatic nitrogens is 3. The van der Waals surface area contributed by atoms with Crippen molar-refractivity contribution in [3.05, 3.63) is 46.2 Å². The van der Waals surface area contributed by atoms with Gasteiger partial charge in [-0.1, -0.05) is 28.9 Å². The Bertz CT molecular complexity index is 578. The first kappa shape index (κ1) is 13.5. The minimum atomic E-state index is -0.442. The molecule has 2 aromatic rings. The smallest absolute Gasteiger partial charge is 0.360 e. The molecule has 1 aromatic carbocycles. The quantitative estimate of drug-likeness (QED) is 0.807. The standard InChI is InChI=1S/C13H14ClN3O2/c1-3-19-13(18)12-9(2)17(16-15-12)8-10-4-6-11(14)7-5-10/h4-7H,3,8H2,1-2H3. The van der Waals surface area contributed by atoms with Crippen LogP contribution in [0.5, 0.6) is 0 Å². The first-order valence-electron chi connectivity index (χ1n) is 5.93. The van der Waals surface area contributed by atoms with E-state index in [1.54, 1.807) is 18.5 Å². The molecule has 0 saturated heterocycles. The highest BCUT2D eigenvalue weighted by Crippen LogP contribution is 2.12. The Morgan fingerprint density at radius 1 is 1.37 bits per heavy atom. The van der Waals surface area contributed by atoms with Crippen LogP contribution in [0.2, 0.25) is 5.02 Å². The number of carbonyl (C=O) groups excluding carboxylic acids is 1. The molecule has 0 N–H and O–H groups in total. The molecular weight excluding hydrogens is 266 g/mol. The third kappa shape index (κ3) is 3.12. The normalized spacial score (nSPS) is 10.5. The summed E-state index contributed by atoms with van der Waals surface area (Å²) in [4.78, 5) is 11.6. The van der Waals surface area contributed by atoms with Crippen LogP contribution < -0.4 is 0 Å². The zero-order valence-electron chi connectivity index (χ0n) is 10.8. The Morgan fingerprint density at radius 2 is 2.05 bits per heavy atom. The lowest BCUT2D eigenvalue weighted by atomic mass is 10.2. The predicted molar refractivity (Wildman–Crippen MR) is 71.3 cm³/mol. The second-order valence-electron chi connectivity index (χ2n) is 4.03. The second kappa shape index (κ2) is 5.84. The van der Waals surface area contributed by atoms with Crippen LogP contribution in [-0.2, 0) is 11.3 Å². The first-order valence-corrected chi connectivity index (χ1v) is 6.31. The van der Waals surface area contributed by atoms with Crippen LogP contribution in [0.25, 0.3) is 0 Å². The highest BCUT2D eigenvalue weighted by atomic mass is 35.5. The molecule has 0 aliphatic heterocycles. The Labute approximate surface area is 116 Å². The molecule has 2 rings (SSSR count). The maximum absolute atomic E-state index is 11.6. The van der Waals surface area contributed by atoms with Crippen LogP contribution in [0.3, 0.4) is 0 Å². The molecule has 1 aromatic heterocycles. The van der Waals surface area contributed by atoms with Gasteiger partial charge in [-0.2, -0.15) is 0 Å². The van der Waals surface area contributed by atoms with E-state index in [-0.39, 0.29) is 5.69 Å². The van der Waals surface area contributed by atoms with E-state index in [2.05, 4.69) is 10.3 Å². The Kier molecular flexibility index (Phi) is 4.16. The van der Waals surface area contributed by atoms with E-state index in [1.165, 1.54) is 0 Å². The molecule has 1 heterocycles. The molecule has 5 nitrogen and oxygen atoms in total. The van der Waals surface area contributed by atoms with E-state index >= 15 is 0 Å². The van der Waals surface area contributed by atoms with E-state index in [1.807, 2.05) is 24.3 Å². The average molecular weight is 280 g/mol. The number of halogens is 1. The highest BCUT2D eigenvalue weighted by Gasteiger charge is 2.17. The fourth-order valence-corrected chi connectivity index (χ4v) is 1.79. The summed E-state index contributed by atoms with van der Waals surface area (Å²) in [5.74, 6) is -0.442. The van der Waals surface area contributed by atoms with Crippen molar-refractivity contribution < 1.29 is 9.53 Å². The molecule has 0 aliphatic rings. The van der Waals surface area contributed by atoms with Crippen molar-refractivity contribution in [1.29, 1.82) is 0 Å². The van der Waals surface area contributed by atoms with Gasteiger partial charge in [0, 0.05) is 5.02 Å². The van der Waals surface area contributed by atoms with Crippen LogP contribution in [0, 0.1) is 6.92 Å². The summed E-state index contributed by atoms with van der Waals surface area (Å²) >= 11 is 5.83. The molecule has 0 spiro atoms. The van der Waals surface area contributed by atoms with Crippen LogP contribution in [-0.4, -0.2) is 27.6 Å². The summed E-state index contributed by atoms with van der Waals surface area (Å²) in [6, 6.07) is 7.45. The topological polar surface area (TPSA) is 57.0 Å². The Hall–Kier alpha value is -1.88. The molecule has 0 amide bonds. The molecule has 0 bridgehead atoms. The van der Waals surface area contributed by atoms with Gasteiger partial charge in [0.2, 0.25) is 0 Å². The third-order valence-electron chi connectivity index (χ3n) is 2.70. The van der Waals surface area contributed by atoms with E-state index < -0.39 is 5.97 Å². The van der Waals surface area contributed by atoms with Crippen molar-refractivity contribution in [2.24, 2.45) is 0 Å². The number of nitrogens with zero attached hydrogens (tertiary/aromatic N) is 3. The molecular formula is C13H14ClN3O2. The summed E-state index contributed by atoms with van der Waals surface area (Å²) in [6.07, 6.45) is 0. The van der Waals surface area contributed by atoms with Crippen molar-refractivity contribution in [3.8, 4) is 0 Å². The van der Waals surface area contributed by atoms with Gasteiger partial charge in [0.1, 0.15) is 0 Å². The van der Waals surface area contributed by atoms with Crippen molar-refractivity contribution in [2.45, 2.75) is 20.4 Å². The first-order chi connectivity index (χ1) is 9.11. The van der Waals surface area contributed by atoms with Gasteiger partial charge in [0.25, 0.3) is 0 Å². The van der Waals surface area contributed by atoms with Gasteiger partial charge in [-0.25, -0.2) is 9.48 Å². The van der Waals surface area contributed by atoms with Gasteiger partial charge in [-0.05, 0) is 31.5 Å². The van der Waals surface area contributed by atoms with Gasteiger partial charge in [0.05, 0.1) is 18.8 Å². The number of esters is 1. The number of hydrogen-bond donors (Lipinski definition) is 0. The molecule has 0 atom stereocenters. The van der Waals surface area contributed by atoms with Crippen LogP contribution in [0.1, 0.15) is 28.7 Å². The second-order valence-corrected chi connectivity index (χ2v) is 4.46. The maximum Gasteiger partial charge on any atom is 0.360 e. The maximum atomic E-state index is 11.6. The van der Waals surface area contributed by atoms with E-state index in [9.17, 15) is 4.79 Å². The molecule has 0 unspecified atom stereocenters. The van der Waals surface area contributed by atoms with E-state index in [4.69, 9.17) is 16.3 Å². The predicted octanol–water partition coefficient (Wildman–Crippen LogP) is 2.46. The third-order valence-corrected chi connectivity index (χ3v) is 2.95. The van der Waals surface area contributed by atoms with Gasteiger partial charge < -0.3 is 4.74 Å². The molecule has 0 aliphatic carbocycles. The summed E-state index contributed by atoms with van der Waals surface area (Å²) in [5, 5.41) is 8.52. The van der Waals surface area contributed by atoms with E-state index in [0.717, 1.165) is 5.56 Å². The monoisotopic (exact) mass is 279 g/mol. The lowest BCUT2D eigenvalue weighted by molar-refractivity contribution is 0.0518. The molecule has 19 heavy (non-hydrogen) atoms. The zero-order chi connectivity index (χ0) is 13.8. The van der Waals surface area contributed by atoms with Gasteiger partial charge in [-0.15, -0.1) is 5.10 Å². The fourth-order valence-electron chi connectivity index (χ4n) is 1.66. The van der Waals surface area contributed by atoms with Crippen molar-refractivity contribution >= 4 is 17.6 Å². The summed E-state index contributed by atoms with van der Waals surface area (Å²) in [7, 11) is 0. The molecule has 100 valence electrons. The van der Waals surface area contributed by atoms with Crippen molar-refractivity contribution in [1.82, 2.24) is 15.0 Å². The highest BCUT2D eigenvalue weighted by molar-refractivity contribution is 6.30. The van der Waals surface area contributed by atoms with Gasteiger partial charge in [-0.3, -0.25) is 0 Å². The van der Waals surface area contributed by atoms with Gasteiger partial charge >= 0.3 is 5.97 Å². The molecule has 0 fully saturated rings. The minimum absolute atomic E-state index is 0.260. The molecule has 0 radical (unpaired) electrons. The zero-order valence-corrected chi connectivity index (χ0v) is 11.5. The Morgan fingerprint density at radius 3 is 2.68 bits per heavy atom.